The number of hydrogen-bond donors (Lipinski definition) is 2. The molecule has 0 fully saturated rings. The monoisotopic (exact) mass is 309 g/mol. The van der Waals surface area contributed by atoms with Gasteiger partial charge in [0.05, 0.1) is 22.6 Å². The number of rotatable bonds is 2. The summed E-state index contributed by atoms with van der Waals surface area (Å²) in [6.07, 6.45) is 2.99. The van der Waals surface area contributed by atoms with Crippen molar-refractivity contribution in [2.75, 3.05) is 10.6 Å². The van der Waals surface area contributed by atoms with Gasteiger partial charge in [-0.15, -0.1) is 0 Å². The Morgan fingerprint density at radius 1 is 1.05 bits per heavy atom. The van der Waals surface area contributed by atoms with Crippen molar-refractivity contribution in [3.05, 3.63) is 52.8 Å². The zero-order valence-corrected chi connectivity index (χ0v) is 11.6. The van der Waals surface area contributed by atoms with Gasteiger partial charge in [-0.1, -0.05) is 23.2 Å². The van der Waals surface area contributed by atoms with Crippen molar-refractivity contribution in [1.82, 2.24) is 4.98 Å². The van der Waals surface area contributed by atoms with Crippen LogP contribution in [-0.4, -0.2) is 16.8 Å². The Balaban J connectivity index is 2.04. The molecule has 7 heteroatoms. The number of aromatic nitrogens is 1. The molecule has 0 aliphatic carbocycles. The topological polar surface area (TPSA) is 71.1 Å². The molecule has 5 nitrogen and oxygen atoms in total. The van der Waals surface area contributed by atoms with E-state index in [1.807, 2.05) is 0 Å². The highest BCUT2D eigenvalue weighted by molar-refractivity contribution is 6.45. The summed E-state index contributed by atoms with van der Waals surface area (Å²) >= 11 is 11.7. The lowest BCUT2D eigenvalue weighted by atomic mass is 10.3. The van der Waals surface area contributed by atoms with Crippen LogP contribution in [-0.2, 0) is 9.59 Å². The van der Waals surface area contributed by atoms with Crippen LogP contribution in [0.15, 0.2) is 42.7 Å². The van der Waals surface area contributed by atoms with Gasteiger partial charge in [0.25, 0.3) is 0 Å². The predicted octanol–water partition coefficient (Wildman–Crippen LogP) is 2.97. The minimum Gasteiger partial charge on any atom is -0.316 e. The van der Waals surface area contributed by atoms with E-state index in [1.165, 1.54) is 18.3 Å². The van der Waals surface area contributed by atoms with Crippen LogP contribution in [0.4, 0.5) is 11.4 Å². The molecule has 0 radical (unpaired) electrons. The molecule has 1 aromatic heterocycles. The van der Waals surface area contributed by atoms with Crippen molar-refractivity contribution < 1.29 is 9.59 Å². The number of nitrogens with one attached hydrogen (secondary N) is 2. The van der Waals surface area contributed by atoms with Crippen molar-refractivity contribution >= 4 is 46.4 Å². The van der Waals surface area contributed by atoms with E-state index in [0.29, 0.717) is 10.7 Å². The fraction of sp³-hybridized carbons (Fsp3) is 0. The Bertz CT molecular complexity index is 647. The van der Waals surface area contributed by atoms with Crippen LogP contribution in [0.25, 0.3) is 0 Å². The summed E-state index contributed by atoms with van der Waals surface area (Å²) in [6, 6.07) is 7.82. The minimum atomic E-state index is -0.849. The average molecular weight is 310 g/mol. The highest BCUT2D eigenvalue weighted by Gasteiger charge is 2.15. The first-order valence-electron chi connectivity index (χ1n) is 5.53. The summed E-state index contributed by atoms with van der Waals surface area (Å²) in [5, 5.41) is 5.48. The van der Waals surface area contributed by atoms with E-state index in [1.54, 1.807) is 24.4 Å². The maximum absolute atomic E-state index is 11.7. The molecule has 2 aromatic rings. The van der Waals surface area contributed by atoms with Crippen LogP contribution in [0, 0.1) is 0 Å². The van der Waals surface area contributed by atoms with Crippen molar-refractivity contribution in [3.63, 3.8) is 0 Å². The number of amides is 2. The number of halogens is 2. The normalized spacial score (nSPS) is 9.90. The van der Waals surface area contributed by atoms with E-state index >= 15 is 0 Å². The molecular weight excluding hydrogens is 301 g/mol. The van der Waals surface area contributed by atoms with Crippen LogP contribution in [0.5, 0.6) is 0 Å². The van der Waals surface area contributed by atoms with Crippen LogP contribution in [0.3, 0.4) is 0 Å². The molecule has 0 aliphatic heterocycles. The van der Waals surface area contributed by atoms with Gasteiger partial charge in [-0.2, -0.15) is 0 Å². The van der Waals surface area contributed by atoms with Gasteiger partial charge in [-0.25, -0.2) is 0 Å². The van der Waals surface area contributed by atoms with E-state index in [9.17, 15) is 9.59 Å². The Morgan fingerprint density at radius 3 is 2.50 bits per heavy atom. The van der Waals surface area contributed by atoms with Crippen molar-refractivity contribution in [2.24, 2.45) is 0 Å². The van der Waals surface area contributed by atoms with Gasteiger partial charge < -0.3 is 10.6 Å². The number of anilines is 2. The van der Waals surface area contributed by atoms with Crippen LogP contribution in [0.1, 0.15) is 0 Å². The number of carbonyl (C=O) groups excluding carboxylic acids is 2. The fourth-order valence-corrected chi connectivity index (χ4v) is 1.73. The second-order valence-electron chi connectivity index (χ2n) is 3.77. The highest BCUT2D eigenvalue weighted by Crippen LogP contribution is 2.25. The second kappa shape index (κ2) is 6.36. The van der Waals surface area contributed by atoms with Gasteiger partial charge in [-0.05, 0) is 30.3 Å². The van der Waals surface area contributed by atoms with Crippen LogP contribution in [0.2, 0.25) is 10.0 Å². The molecule has 2 N–H and O–H groups in total. The predicted molar refractivity (Wildman–Crippen MR) is 78.0 cm³/mol. The summed E-state index contributed by atoms with van der Waals surface area (Å²) in [5.41, 5.74) is 0.690. The zero-order chi connectivity index (χ0) is 14.5. The van der Waals surface area contributed by atoms with Gasteiger partial charge in [0.15, 0.2) is 0 Å². The summed E-state index contributed by atoms with van der Waals surface area (Å²) in [4.78, 5) is 27.2. The third-order valence-electron chi connectivity index (χ3n) is 2.30. The fourth-order valence-electron chi connectivity index (χ4n) is 1.40. The molecule has 0 atom stereocenters. The number of hydrogen-bond acceptors (Lipinski definition) is 3. The third kappa shape index (κ3) is 3.69. The average Bonchev–Trinajstić information content (AvgIpc) is 2.44. The van der Waals surface area contributed by atoms with E-state index in [2.05, 4.69) is 15.6 Å². The first kappa shape index (κ1) is 14.3. The van der Waals surface area contributed by atoms with Crippen LogP contribution >= 0.6 is 23.2 Å². The Hall–Kier alpha value is -2.11. The number of carbonyl (C=O) groups is 2. The second-order valence-corrected chi connectivity index (χ2v) is 4.62. The summed E-state index contributed by atoms with van der Waals surface area (Å²) in [6.45, 7) is 0. The summed E-state index contributed by atoms with van der Waals surface area (Å²) in [7, 11) is 0. The summed E-state index contributed by atoms with van der Waals surface area (Å²) in [5.74, 6) is -1.67. The Kier molecular flexibility index (Phi) is 4.55. The van der Waals surface area contributed by atoms with Gasteiger partial charge in [0.1, 0.15) is 0 Å². The van der Waals surface area contributed by atoms with Crippen LogP contribution < -0.4 is 10.6 Å². The highest BCUT2D eigenvalue weighted by atomic mass is 35.5. The lowest BCUT2D eigenvalue weighted by Gasteiger charge is -2.08. The molecule has 0 bridgehead atoms. The molecule has 0 spiro atoms. The van der Waals surface area contributed by atoms with Crippen molar-refractivity contribution in [1.29, 1.82) is 0 Å². The molecule has 0 saturated heterocycles. The lowest BCUT2D eigenvalue weighted by Crippen LogP contribution is -2.29. The Morgan fingerprint density at radius 2 is 1.80 bits per heavy atom. The van der Waals surface area contributed by atoms with Crippen molar-refractivity contribution in [2.45, 2.75) is 0 Å². The molecule has 0 unspecified atom stereocenters. The van der Waals surface area contributed by atoms with E-state index in [4.69, 9.17) is 23.2 Å². The van der Waals surface area contributed by atoms with E-state index in [0.717, 1.165) is 0 Å². The molecule has 2 rings (SSSR count). The smallest absolute Gasteiger partial charge is 0.314 e. The first-order valence-corrected chi connectivity index (χ1v) is 6.29. The lowest BCUT2D eigenvalue weighted by molar-refractivity contribution is -0.132. The summed E-state index contributed by atoms with van der Waals surface area (Å²) < 4.78 is 0. The molecular formula is C13H9Cl2N3O2. The molecule has 1 heterocycles. The maximum atomic E-state index is 11.7. The van der Waals surface area contributed by atoms with Gasteiger partial charge >= 0.3 is 11.8 Å². The molecule has 0 aliphatic rings. The molecule has 1 aromatic carbocycles. The third-order valence-corrected chi connectivity index (χ3v) is 2.87. The van der Waals surface area contributed by atoms with Gasteiger partial charge in [0.2, 0.25) is 0 Å². The van der Waals surface area contributed by atoms with Gasteiger partial charge in [-0.3, -0.25) is 14.6 Å². The molecule has 2 amide bonds. The van der Waals surface area contributed by atoms with E-state index < -0.39 is 11.8 Å². The van der Waals surface area contributed by atoms with Gasteiger partial charge in [0, 0.05) is 11.2 Å². The Labute approximate surface area is 124 Å². The number of benzene rings is 1. The molecule has 20 heavy (non-hydrogen) atoms. The van der Waals surface area contributed by atoms with E-state index in [-0.39, 0.29) is 10.7 Å². The quantitative estimate of drug-likeness (QED) is 0.838. The maximum Gasteiger partial charge on any atom is 0.314 e. The number of nitrogens with zero attached hydrogens (tertiary/aromatic N) is 1. The largest absolute Gasteiger partial charge is 0.316 e. The standard InChI is InChI=1S/C13H9Cl2N3O2/c14-8-3-4-10(15)11(6-8)18-13(20)12(19)17-9-2-1-5-16-7-9/h1-7H,(H,17,19)(H,18,20). The molecule has 0 saturated carbocycles. The zero-order valence-electron chi connectivity index (χ0n) is 10.1. The SMILES string of the molecule is O=C(Nc1cccnc1)C(=O)Nc1cc(Cl)ccc1Cl. The molecule has 102 valence electrons. The first-order chi connectivity index (χ1) is 9.56. The van der Waals surface area contributed by atoms with Crippen molar-refractivity contribution in [3.8, 4) is 0 Å². The number of pyridine rings is 1. The minimum absolute atomic E-state index is 0.269.